The molecule has 5 heteroatoms. The molecular weight excluding hydrogens is 173 g/mol. The van der Waals surface area contributed by atoms with E-state index in [0.29, 0.717) is 5.69 Å². The predicted molar refractivity (Wildman–Crippen MR) is 46.5 cm³/mol. The van der Waals surface area contributed by atoms with E-state index in [0.717, 1.165) is 6.20 Å². The zero-order chi connectivity index (χ0) is 9.84. The smallest absolute Gasteiger partial charge is 0.241 e. The van der Waals surface area contributed by atoms with Crippen LogP contribution < -0.4 is 11.1 Å². The molecule has 0 bridgehead atoms. The Hall–Kier alpha value is -1.49. The number of halogens is 1. The number of nitrogens with one attached hydrogen (secondary N) is 1. The number of nitrogens with zero attached hydrogens (tertiary/aromatic N) is 1. The molecule has 70 valence electrons. The number of carbonyl (C=O) groups excluding carboxylic acids is 1. The fourth-order valence-corrected chi connectivity index (χ4v) is 0.736. The van der Waals surface area contributed by atoms with Crippen molar-refractivity contribution in [1.82, 2.24) is 4.98 Å². The van der Waals surface area contributed by atoms with Crippen LogP contribution in [0.1, 0.15) is 6.92 Å². The minimum Gasteiger partial charge on any atom is -0.323 e. The van der Waals surface area contributed by atoms with Crippen LogP contribution in [0.15, 0.2) is 18.5 Å². The molecule has 1 aromatic rings. The van der Waals surface area contributed by atoms with Crippen LogP contribution in [0.25, 0.3) is 0 Å². The number of amides is 1. The Morgan fingerprint density at radius 2 is 2.38 bits per heavy atom. The summed E-state index contributed by atoms with van der Waals surface area (Å²) in [4.78, 5) is 14.6. The molecule has 1 heterocycles. The topological polar surface area (TPSA) is 68.0 Å². The van der Waals surface area contributed by atoms with Crippen LogP contribution >= 0.6 is 0 Å². The Morgan fingerprint density at radius 3 is 2.92 bits per heavy atom. The number of hydrogen-bond donors (Lipinski definition) is 2. The number of nitrogens with two attached hydrogens (primary N) is 1. The van der Waals surface area contributed by atoms with Crippen LogP contribution in [0.4, 0.5) is 10.1 Å². The van der Waals surface area contributed by atoms with E-state index in [1.54, 1.807) is 6.92 Å². The number of aromatic nitrogens is 1. The third-order valence-electron chi connectivity index (χ3n) is 1.39. The second-order valence-electron chi connectivity index (χ2n) is 2.67. The molecular formula is C8H10FN3O. The molecule has 0 fully saturated rings. The van der Waals surface area contributed by atoms with Gasteiger partial charge in [-0.1, -0.05) is 0 Å². The van der Waals surface area contributed by atoms with E-state index in [4.69, 9.17) is 5.73 Å². The van der Waals surface area contributed by atoms with E-state index in [1.165, 1.54) is 12.3 Å². The molecule has 1 rings (SSSR count). The Labute approximate surface area is 75.0 Å². The summed E-state index contributed by atoms with van der Waals surface area (Å²) >= 11 is 0. The highest BCUT2D eigenvalue weighted by Crippen LogP contribution is 2.06. The molecule has 0 radical (unpaired) electrons. The monoisotopic (exact) mass is 183 g/mol. The molecule has 1 aromatic heterocycles. The fourth-order valence-electron chi connectivity index (χ4n) is 0.736. The summed E-state index contributed by atoms with van der Waals surface area (Å²) in [6.07, 6.45) is 2.41. The van der Waals surface area contributed by atoms with Crippen LogP contribution in [-0.4, -0.2) is 16.9 Å². The second-order valence-corrected chi connectivity index (χ2v) is 2.67. The number of pyridine rings is 1. The van der Waals surface area contributed by atoms with Crippen molar-refractivity contribution in [2.24, 2.45) is 5.73 Å². The van der Waals surface area contributed by atoms with Crippen LogP contribution in [0, 0.1) is 5.82 Å². The number of rotatable bonds is 2. The van der Waals surface area contributed by atoms with Gasteiger partial charge in [-0.15, -0.1) is 0 Å². The van der Waals surface area contributed by atoms with Gasteiger partial charge in [0, 0.05) is 6.07 Å². The van der Waals surface area contributed by atoms with Crippen molar-refractivity contribution in [3.63, 3.8) is 0 Å². The molecule has 0 aliphatic rings. The Kier molecular flexibility index (Phi) is 2.92. The average Bonchev–Trinajstić information content (AvgIpc) is 2.04. The van der Waals surface area contributed by atoms with Gasteiger partial charge in [0.1, 0.15) is 5.82 Å². The summed E-state index contributed by atoms with van der Waals surface area (Å²) in [5, 5.41) is 2.42. The summed E-state index contributed by atoms with van der Waals surface area (Å²) in [7, 11) is 0. The first-order valence-electron chi connectivity index (χ1n) is 3.76. The zero-order valence-electron chi connectivity index (χ0n) is 7.12. The first-order valence-corrected chi connectivity index (χ1v) is 3.76. The van der Waals surface area contributed by atoms with Crippen LogP contribution in [0.3, 0.4) is 0 Å². The van der Waals surface area contributed by atoms with Crippen LogP contribution in [0.2, 0.25) is 0 Å². The normalized spacial score (nSPS) is 12.2. The van der Waals surface area contributed by atoms with E-state index >= 15 is 0 Å². The second kappa shape index (κ2) is 3.95. The quantitative estimate of drug-likeness (QED) is 0.701. The summed E-state index contributed by atoms with van der Waals surface area (Å²) in [6, 6.07) is 0.552. The van der Waals surface area contributed by atoms with Crippen molar-refractivity contribution in [3.8, 4) is 0 Å². The maximum absolute atomic E-state index is 12.6. The lowest BCUT2D eigenvalue weighted by Gasteiger charge is -2.06. The lowest BCUT2D eigenvalue weighted by Crippen LogP contribution is -2.32. The highest BCUT2D eigenvalue weighted by atomic mass is 19.1. The first-order chi connectivity index (χ1) is 6.09. The van der Waals surface area contributed by atoms with Crippen molar-refractivity contribution in [3.05, 3.63) is 24.3 Å². The van der Waals surface area contributed by atoms with Gasteiger partial charge in [0.15, 0.2) is 0 Å². The molecule has 13 heavy (non-hydrogen) atoms. The van der Waals surface area contributed by atoms with Gasteiger partial charge in [-0.3, -0.25) is 9.78 Å². The number of carbonyl (C=O) groups is 1. The molecule has 4 nitrogen and oxygen atoms in total. The maximum Gasteiger partial charge on any atom is 0.241 e. The summed E-state index contributed by atoms with van der Waals surface area (Å²) in [5.74, 6) is -0.866. The predicted octanol–water partition coefficient (Wildman–Crippen LogP) is 0.506. The number of anilines is 1. The van der Waals surface area contributed by atoms with Crippen molar-refractivity contribution >= 4 is 11.6 Å². The van der Waals surface area contributed by atoms with Gasteiger partial charge in [0.25, 0.3) is 0 Å². The zero-order valence-corrected chi connectivity index (χ0v) is 7.12. The van der Waals surface area contributed by atoms with Crippen LogP contribution in [0.5, 0.6) is 0 Å². The molecule has 1 amide bonds. The molecule has 0 saturated carbocycles. The van der Waals surface area contributed by atoms with E-state index in [-0.39, 0.29) is 5.91 Å². The third-order valence-corrected chi connectivity index (χ3v) is 1.39. The van der Waals surface area contributed by atoms with E-state index in [1.807, 2.05) is 0 Å². The summed E-state index contributed by atoms with van der Waals surface area (Å²) in [5.41, 5.74) is 5.60. The molecule has 0 spiro atoms. The summed E-state index contributed by atoms with van der Waals surface area (Å²) in [6.45, 7) is 1.54. The van der Waals surface area contributed by atoms with Gasteiger partial charge in [-0.05, 0) is 6.92 Å². The van der Waals surface area contributed by atoms with E-state index < -0.39 is 11.9 Å². The summed E-state index contributed by atoms with van der Waals surface area (Å²) < 4.78 is 12.6. The van der Waals surface area contributed by atoms with E-state index in [9.17, 15) is 9.18 Å². The molecule has 3 N–H and O–H groups in total. The molecule has 0 unspecified atom stereocenters. The van der Waals surface area contributed by atoms with Crippen molar-refractivity contribution in [2.75, 3.05) is 5.32 Å². The van der Waals surface area contributed by atoms with Crippen molar-refractivity contribution < 1.29 is 9.18 Å². The minimum absolute atomic E-state index is 0.308. The van der Waals surface area contributed by atoms with Crippen LogP contribution in [-0.2, 0) is 4.79 Å². The highest BCUT2D eigenvalue weighted by molar-refractivity contribution is 5.94. The van der Waals surface area contributed by atoms with Gasteiger partial charge < -0.3 is 11.1 Å². The van der Waals surface area contributed by atoms with Gasteiger partial charge in [-0.2, -0.15) is 0 Å². The van der Waals surface area contributed by atoms with Gasteiger partial charge in [-0.25, -0.2) is 4.39 Å². The van der Waals surface area contributed by atoms with Crippen molar-refractivity contribution in [2.45, 2.75) is 13.0 Å². The highest BCUT2D eigenvalue weighted by Gasteiger charge is 2.07. The lowest BCUT2D eigenvalue weighted by molar-refractivity contribution is -0.117. The van der Waals surface area contributed by atoms with Gasteiger partial charge in [0.05, 0.1) is 24.1 Å². The van der Waals surface area contributed by atoms with E-state index in [2.05, 4.69) is 10.3 Å². The number of hydrogen-bond acceptors (Lipinski definition) is 3. The van der Waals surface area contributed by atoms with Gasteiger partial charge in [0.2, 0.25) is 5.91 Å². The third kappa shape index (κ3) is 2.79. The minimum atomic E-state index is -0.622. The Bertz CT molecular complexity index is 314. The largest absolute Gasteiger partial charge is 0.323 e. The van der Waals surface area contributed by atoms with Crippen molar-refractivity contribution in [1.29, 1.82) is 0 Å². The molecule has 1 atom stereocenters. The van der Waals surface area contributed by atoms with Gasteiger partial charge >= 0.3 is 0 Å². The Morgan fingerprint density at radius 1 is 1.69 bits per heavy atom. The molecule has 0 saturated heterocycles. The maximum atomic E-state index is 12.6. The molecule has 0 aliphatic carbocycles. The first kappa shape index (κ1) is 9.60. The fraction of sp³-hybridized carbons (Fsp3) is 0.250. The molecule has 0 aliphatic heterocycles. The average molecular weight is 183 g/mol. The SMILES string of the molecule is C[C@@H](N)C(=O)Nc1cncc(F)c1. The molecule has 0 aromatic carbocycles. The lowest BCUT2D eigenvalue weighted by atomic mass is 10.3. The Balaban J connectivity index is 2.69. The standard InChI is InChI=1S/C8H10FN3O/c1-5(10)8(13)12-7-2-6(9)3-11-4-7/h2-5H,10H2,1H3,(H,12,13)/t5-/m1/s1.